The van der Waals surface area contributed by atoms with Gasteiger partial charge in [0.25, 0.3) is 0 Å². The van der Waals surface area contributed by atoms with Crippen molar-refractivity contribution in [2.75, 3.05) is 26.7 Å². The topological polar surface area (TPSA) is 33.1 Å². The summed E-state index contributed by atoms with van der Waals surface area (Å²) in [5.74, 6) is 0.789. The van der Waals surface area contributed by atoms with Crippen molar-refractivity contribution in [3.8, 4) is 0 Å². The van der Waals surface area contributed by atoms with Crippen LogP contribution in [0.1, 0.15) is 24.2 Å². The number of nitrogens with one attached hydrogen (secondary N) is 1. The molecule has 0 amide bonds. The molecule has 4 nitrogen and oxygen atoms in total. The van der Waals surface area contributed by atoms with E-state index in [0.29, 0.717) is 0 Å². The quantitative estimate of drug-likeness (QED) is 0.921. The van der Waals surface area contributed by atoms with E-state index in [4.69, 9.17) is 0 Å². The van der Waals surface area contributed by atoms with Crippen molar-refractivity contribution < 1.29 is 0 Å². The Morgan fingerprint density at radius 3 is 2.89 bits per heavy atom. The molecule has 1 aromatic rings. The number of rotatable bonds is 4. The van der Waals surface area contributed by atoms with Gasteiger partial charge in [-0.2, -0.15) is 5.10 Å². The molecule has 1 saturated heterocycles. The number of nitrogens with zero attached hydrogens (tertiary/aromatic N) is 3. The summed E-state index contributed by atoms with van der Waals surface area (Å²) in [6.45, 7) is 6.50. The van der Waals surface area contributed by atoms with Crippen LogP contribution in [0.3, 0.4) is 0 Å². The van der Waals surface area contributed by atoms with Crippen LogP contribution in [0, 0.1) is 12.8 Å². The second-order valence-electron chi connectivity index (χ2n) is 5.38. The van der Waals surface area contributed by atoms with Crippen LogP contribution in [-0.4, -0.2) is 41.4 Å². The lowest BCUT2D eigenvalue weighted by Gasteiger charge is -2.27. The summed E-state index contributed by atoms with van der Waals surface area (Å²) in [6.07, 6.45) is 2.66. The molecule has 18 heavy (non-hydrogen) atoms. The lowest BCUT2D eigenvalue weighted by atomic mass is 9.99. The maximum absolute atomic E-state index is 4.44. The molecule has 0 spiro atoms. The summed E-state index contributed by atoms with van der Waals surface area (Å²) in [4.78, 5) is 2.40. The minimum absolute atomic E-state index is 0.789. The standard InChI is InChI=1S/C13H23BrN4/c1-10-13(14)12(18(3)16-10)9-17(2)8-11-5-4-6-15-7-11/h11,15H,4-9H2,1-3H3. The summed E-state index contributed by atoms with van der Waals surface area (Å²) < 4.78 is 3.13. The second-order valence-corrected chi connectivity index (χ2v) is 6.17. The Morgan fingerprint density at radius 2 is 2.33 bits per heavy atom. The van der Waals surface area contributed by atoms with Crippen molar-refractivity contribution in [3.05, 3.63) is 15.9 Å². The molecule has 1 aromatic heterocycles. The van der Waals surface area contributed by atoms with E-state index in [2.05, 4.69) is 38.3 Å². The molecular weight excluding hydrogens is 292 g/mol. The third-order valence-corrected chi connectivity index (χ3v) is 4.68. The summed E-state index contributed by atoms with van der Waals surface area (Å²) in [5.41, 5.74) is 2.33. The highest BCUT2D eigenvalue weighted by Gasteiger charge is 2.17. The van der Waals surface area contributed by atoms with Gasteiger partial charge in [0.15, 0.2) is 0 Å². The van der Waals surface area contributed by atoms with Crippen LogP contribution in [0.15, 0.2) is 4.47 Å². The normalized spacial score (nSPS) is 20.6. The van der Waals surface area contributed by atoms with Gasteiger partial charge in [-0.1, -0.05) is 0 Å². The maximum atomic E-state index is 4.44. The maximum Gasteiger partial charge on any atom is 0.0739 e. The van der Waals surface area contributed by atoms with Crippen molar-refractivity contribution in [1.82, 2.24) is 20.0 Å². The van der Waals surface area contributed by atoms with Crippen LogP contribution in [0.2, 0.25) is 0 Å². The fourth-order valence-corrected chi connectivity index (χ4v) is 3.15. The lowest BCUT2D eigenvalue weighted by Crippen LogP contribution is -2.36. The molecule has 0 saturated carbocycles. The molecule has 1 atom stereocenters. The van der Waals surface area contributed by atoms with E-state index in [9.17, 15) is 0 Å². The van der Waals surface area contributed by atoms with Crippen LogP contribution in [0.5, 0.6) is 0 Å². The van der Waals surface area contributed by atoms with Crippen LogP contribution in [0.25, 0.3) is 0 Å². The monoisotopic (exact) mass is 314 g/mol. The Bertz CT molecular complexity index is 396. The minimum Gasteiger partial charge on any atom is -0.316 e. The number of halogens is 1. The molecule has 2 rings (SSSR count). The predicted molar refractivity (Wildman–Crippen MR) is 77.6 cm³/mol. The van der Waals surface area contributed by atoms with Gasteiger partial charge in [-0.15, -0.1) is 0 Å². The Morgan fingerprint density at radius 1 is 1.56 bits per heavy atom. The molecule has 0 aromatic carbocycles. The van der Waals surface area contributed by atoms with Crippen molar-refractivity contribution in [1.29, 1.82) is 0 Å². The summed E-state index contributed by atoms with van der Waals surface area (Å²) >= 11 is 3.63. The largest absolute Gasteiger partial charge is 0.316 e. The molecule has 0 bridgehead atoms. The van der Waals surface area contributed by atoms with Crippen LogP contribution in [-0.2, 0) is 13.6 Å². The van der Waals surface area contributed by atoms with Gasteiger partial charge in [-0.3, -0.25) is 4.68 Å². The molecule has 5 heteroatoms. The molecule has 1 N–H and O–H groups in total. The smallest absolute Gasteiger partial charge is 0.0739 e. The van der Waals surface area contributed by atoms with E-state index in [1.54, 1.807) is 0 Å². The van der Waals surface area contributed by atoms with E-state index in [-0.39, 0.29) is 0 Å². The van der Waals surface area contributed by atoms with Gasteiger partial charge in [0.05, 0.1) is 15.9 Å². The highest BCUT2D eigenvalue weighted by Crippen LogP contribution is 2.22. The molecular formula is C13H23BrN4. The molecule has 2 heterocycles. The van der Waals surface area contributed by atoms with Gasteiger partial charge in [0.2, 0.25) is 0 Å². The number of hydrogen-bond donors (Lipinski definition) is 1. The van der Waals surface area contributed by atoms with Gasteiger partial charge < -0.3 is 10.2 Å². The first kappa shape index (κ1) is 14.0. The van der Waals surface area contributed by atoms with E-state index >= 15 is 0 Å². The summed E-state index contributed by atoms with van der Waals surface area (Å²) in [5, 5.41) is 7.92. The Kier molecular flexibility index (Phi) is 4.81. The minimum atomic E-state index is 0.789. The molecule has 1 unspecified atom stereocenters. The first-order chi connectivity index (χ1) is 8.58. The van der Waals surface area contributed by atoms with Gasteiger partial charge in [0, 0.05) is 20.1 Å². The molecule has 1 aliphatic rings. The van der Waals surface area contributed by atoms with Crippen molar-refractivity contribution >= 4 is 15.9 Å². The van der Waals surface area contributed by atoms with E-state index < -0.39 is 0 Å². The zero-order chi connectivity index (χ0) is 13.1. The molecule has 1 fully saturated rings. The molecule has 1 aliphatic heterocycles. The molecule has 0 aliphatic carbocycles. The lowest BCUT2D eigenvalue weighted by molar-refractivity contribution is 0.233. The fraction of sp³-hybridized carbons (Fsp3) is 0.769. The Hall–Kier alpha value is -0.390. The zero-order valence-electron chi connectivity index (χ0n) is 11.5. The van der Waals surface area contributed by atoms with Crippen LogP contribution >= 0.6 is 15.9 Å². The van der Waals surface area contributed by atoms with Crippen molar-refractivity contribution in [3.63, 3.8) is 0 Å². The SMILES string of the molecule is Cc1nn(C)c(CN(C)CC2CCCNC2)c1Br. The highest BCUT2D eigenvalue weighted by molar-refractivity contribution is 9.10. The molecule has 102 valence electrons. The van der Waals surface area contributed by atoms with Crippen LogP contribution < -0.4 is 5.32 Å². The van der Waals surface area contributed by atoms with Gasteiger partial charge >= 0.3 is 0 Å². The van der Waals surface area contributed by atoms with Gasteiger partial charge in [-0.25, -0.2) is 0 Å². The van der Waals surface area contributed by atoms with E-state index in [0.717, 1.165) is 35.7 Å². The first-order valence-electron chi connectivity index (χ1n) is 6.65. The molecule has 0 radical (unpaired) electrons. The van der Waals surface area contributed by atoms with E-state index in [1.807, 2.05) is 18.7 Å². The van der Waals surface area contributed by atoms with Crippen molar-refractivity contribution in [2.45, 2.75) is 26.3 Å². The third kappa shape index (κ3) is 3.33. The number of aryl methyl sites for hydroxylation is 2. The first-order valence-corrected chi connectivity index (χ1v) is 7.44. The predicted octanol–water partition coefficient (Wildman–Crippen LogP) is 1.92. The number of aromatic nitrogens is 2. The number of hydrogen-bond acceptors (Lipinski definition) is 3. The zero-order valence-corrected chi connectivity index (χ0v) is 13.1. The summed E-state index contributed by atoms with van der Waals surface area (Å²) in [6, 6.07) is 0. The third-order valence-electron chi connectivity index (χ3n) is 3.65. The fourth-order valence-electron chi connectivity index (χ4n) is 2.69. The number of piperidine rings is 1. The highest BCUT2D eigenvalue weighted by atomic mass is 79.9. The van der Waals surface area contributed by atoms with Crippen LogP contribution in [0.4, 0.5) is 0 Å². The van der Waals surface area contributed by atoms with Crippen molar-refractivity contribution in [2.24, 2.45) is 13.0 Å². The average Bonchev–Trinajstić information content (AvgIpc) is 2.57. The summed E-state index contributed by atoms with van der Waals surface area (Å²) in [7, 11) is 4.21. The Labute approximate surface area is 118 Å². The average molecular weight is 315 g/mol. The van der Waals surface area contributed by atoms with E-state index in [1.165, 1.54) is 25.1 Å². The van der Waals surface area contributed by atoms with Gasteiger partial charge in [0.1, 0.15) is 0 Å². The Balaban J connectivity index is 1.91. The van der Waals surface area contributed by atoms with Gasteiger partial charge in [-0.05, 0) is 61.8 Å². The second kappa shape index (κ2) is 6.17.